The molecular formula is C10H13NS. The van der Waals surface area contributed by atoms with Gasteiger partial charge in [0, 0.05) is 11.8 Å². The molecule has 1 unspecified atom stereocenters. The fourth-order valence-electron chi connectivity index (χ4n) is 1.66. The number of hydrogen-bond donors (Lipinski definition) is 2. The molecule has 64 valence electrons. The Bertz CT molecular complexity index is 272. The van der Waals surface area contributed by atoms with Crippen molar-refractivity contribution in [1.29, 1.82) is 0 Å². The lowest BCUT2D eigenvalue weighted by molar-refractivity contribution is 0.706. The third-order valence-corrected chi connectivity index (χ3v) is 2.78. The van der Waals surface area contributed by atoms with Crippen molar-refractivity contribution in [2.24, 2.45) is 0 Å². The van der Waals surface area contributed by atoms with Crippen molar-refractivity contribution < 1.29 is 0 Å². The van der Waals surface area contributed by atoms with Crippen LogP contribution in [0.2, 0.25) is 0 Å². The maximum Gasteiger partial charge on any atom is 0.0394 e. The zero-order valence-corrected chi connectivity index (χ0v) is 7.85. The molecule has 0 amide bonds. The summed E-state index contributed by atoms with van der Waals surface area (Å²) < 4.78 is 0. The Kier molecular flexibility index (Phi) is 2.38. The van der Waals surface area contributed by atoms with E-state index < -0.39 is 0 Å². The summed E-state index contributed by atoms with van der Waals surface area (Å²) in [7, 11) is 0. The minimum absolute atomic E-state index is 0.365. The number of rotatable bonds is 0. The number of nitrogens with one attached hydrogen (secondary N) is 1. The first-order valence-electron chi connectivity index (χ1n) is 4.34. The number of hydrogen-bond acceptors (Lipinski definition) is 2. The zero-order chi connectivity index (χ0) is 8.39. The van der Waals surface area contributed by atoms with E-state index in [-0.39, 0.29) is 0 Å². The molecule has 0 radical (unpaired) electrons. The molecule has 12 heavy (non-hydrogen) atoms. The van der Waals surface area contributed by atoms with Gasteiger partial charge in [0.15, 0.2) is 0 Å². The van der Waals surface area contributed by atoms with Crippen LogP contribution < -0.4 is 5.32 Å². The number of benzene rings is 1. The quantitative estimate of drug-likeness (QED) is 0.579. The monoisotopic (exact) mass is 179 g/mol. The molecular weight excluding hydrogens is 166 g/mol. The molecule has 1 aromatic rings. The molecule has 0 fully saturated rings. The summed E-state index contributed by atoms with van der Waals surface area (Å²) in [5.41, 5.74) is 2.84. The van der Waals surface area contributed by atoms with Gasteiger partial charge in [-0.25, -0.2) is 0 Å². The Morgan fingerprint density at radius 1 is 1.33 bits per heavy atom. The molecule has 1 nitrogen and oxygen atoms in total. The highest BCUT2D eigenvalue weighted by Gasteiger charge is 2.13. The Hall–Kier alpha value is -0.470. The predicted octanol–water partition coefficient (Wildman–Crippen LogP) is 1.80. The van der Waals surface area contributed by atoms with Gasteiger partial charge < -0.3 is 5.32 Å². The van der Waals surface area contributed by atoms with E-state index in [0.29, 0.717) is 5.25 Å². The minimum Gasteiger partial charge on any atom is -0.315 e. The first-order chi connectivity index (χ1) is 5.88. The summed E-state index contributed by atoms with van der Waals surface area (Å²) in [6.45, 7) is 2.06. The van der Waals surface area contributed by atoms with Crippen molar-refractivity contribution in [1.82, 2.24) is 5.32 Å². The fourth-order valence-corrected chi connectivity index (χ4v) is 2.04. The van der Waals surface area contributed by atoms with Crippen LogP contribution in [0.1, 0.15) is 16.4 Å². The molecule has 2 heteroatoms. The zero-order valence-electron chi connectivity index (χ0n) is 6.96. The molecule has 1 aliphatic heterocycles. The van der Waals surface area contributed by atoms with E-state index in [2.05, 4.69) is 42.2 Å². The summed E-state index contributed by atoms with van der Waals surface area (Å²) >= 11 is 4.55. The van der Waals surface area contributed by atoms with Gasteiger partial charge in [0.1, 0.15) is 0 Å². The lowest BCUT2D eigenvalue weighted by Crippen LogP contribution is -2.17. The van der Waals surface area contributed by atoms with Crippen molar-refractivity contribution in [2.45, 2.75) is 11.7 Å². The lowest BCUT2D eigenvalue weighted by Gasteiger charge is -2.10. The lowest BCUT2D eigenvalue weighted by atomic mass is 10.0. The summed E-state index contributed by atoms with van der Waals surface area (Å²) in [6, 6.07) is 8.57. The largest absolute Gasteiger partial charge is 0.315 e. The average Bonchev–Trinajstić information content (AvgIpc) is 2.29. The van der Waals surface area contributed by atoms with E-state index in [4.69, 9.17) is 0 Å². The van der Waals surface area contributed by atoms with E-state index in [9.17, 15) is 0 Å². The number of thiol groups is 1. The second-order valence-electron chi connectivity index (χ2n) is 3.17. The van der Waals surface area contributed by atoms with Gasteiger partial charge in [-0.05, 0) is 24.1 Å². The highest BCUT2D eigenvalue weighted by atomic mass is 32.1. The Labute approximate surface area is 78.6 Å². The molecule has 0 spiro atoms. The molecule has 2 rings (SSSR count). The maximum atomic E-state index is 4.55. The summed E-state index contributed by atoms with van der Waals surface area (Å²) in [5, 5.41) is 3.73. The van der Waals surface area contributed by atoms with Crippen LogP contribution in [0.5, 0.6) is 0 Å². The van der Waals surface area contributed by atoms with Gasteiger partial charge in [0.05, 0.1) is 0 Å². The Balaban J connectivity index is 2.39. The molecule has 1 aliphatic rings. The van der Waals surface area contributed by atoms with Crippen molar-refractivity contribution in [3.05, 3.63) is 35.4 Å². The van der Waals surface area contributed by atoms with Crippen LogP contribution in [-0.4, -0.2) is 13.1 Å². The molecule has 0 saturated heterocycles. The van der Waals surface area contributed by atoms with Gasteiger partial charge in [-0.15, -0.1) is 0 Å². The van der Waals surface area contributed by atoms with Gasteiger partial charge in [-0.2, -0.15) is 12.6 Å². The van der Waals surface area contributed by atoms with E-state index in [1.807, 2.05) is 0 Å². The molecule has 1 heterocycles. The normalized spacial score (nSPS) is 22.9. The first kappa shape index (κ1) is 8.14. The molecule has 0 aromatic heterocycles. The first-order valence-corrected chi connectivity index (χ1v) is 4.86. The van der Waals surface area contributed by atoms with Gasteiger partial charge >= 0.3 is 0 Å². The number of fused-ring (bicyclic) bond motifs is 1. The van der Waals surface area contributed by atoms with E-state index in [1.54, 1.807) is 0 Å². The molecule has 1 N–H and O–H groups in total. The molecule has 1 atom stereocenters. The van der Waals surface area contributed by atoms with E-state index in [1.165, 1.54) is 11.1 Å². The molecule has 0 aliphatic carbocycles. The summed E-state index contributed by atoms with van der Waals surface area (Å²) in [6.07, 6.45) is 1.13. The summed E-state index contributed by atoms with van der Waals surface area (Å²) in [5.74, 6) is 0. The van der Waals surface area contributed by atoms with Gasteiger partial charge in [-0.3, -0.25) is 0 Å². The molecule has 1 aromatic carbocycles. The third kappa shape index (κ3) is 1.50. The second kappa shape index (κ2) is 3.50. The van der Waals surface area contributed by atoms with Crippen molar-refractivity contribution in [3.8, 4) is 0 Å². The highest BCUT2D eigenvalue weighted by molar-refractivity contribution is 7.80. The van der Waals surface area contributed by atoms with Crippen LogP contribution in [0.25, 0.3) is 0 Å². The van der Waals surface area contributed by atoms with Crippen LogP contribution in [0.3, 0.4) is 0 Å². The Morgan fingerprint density at radius 3 is 3.08 bits per heavy atom. The van der Waals surface area contributed by atoms with Crippen LogP contribution in [0.4, 0.5) is 0 Å². The minimum atomic E-state index is 0.365. The van der Waals surface area contributed by atoms with E-state index in [0.717, 1.165) is 19.5 Å². The predicted molar refractivity (Wildman–Crippen MR) is 54.7 cm³/mol. The average molecular weight is 179 g/mol. The van der Waals surface area contributed by atoms with Gasteiger partial charge in [-0.1, -0.05) is 24.3 Å². The SMILES string of the molecule is SC1CNCCc2ccccc21. The standard InChI is InChI=1S/C10H13NS/c12-10-7-11-6-5-8-3-1-2-4-9(8)10/h1-4,10-12H,5-7H2. The highest BCUT2D eigenvalue weighted by Crippen LogP contribution is 2.24. The van der Waals surface area contributed by atoms with Gasteiger partial charge in [0.2, 0.25) is 0 Å². The van der Waals surface area contributed by atoms with Crippen LogP contribution in [0, 0.1) is 0 Å². The smallest absolute Gasteiger partial charge is 0.0394 e. The topological polar surface area (TPSA) is 12.0 Å². The fraction of sp³-hybridized carbons (Fsp3) is 0.400. The van der Waals surface area contributed by atoms with Crippen molar-refractivity contribution in [2.75, 3.05) is 13.1 Å². The van der Waals surface area contributed by atoms with Crippen molar-refractivity contribution in [3.63, 3.8) is 0 Å². The molecule has 0 saturated carbocycles. The maximum absolute atomic E-state index is 4.55. The second-order valence-corrected chi connectivity index (χ2v) is 3.79. The van der Waals surface area contributed by atoms with Crippen LogP contribution in [0.15, 0.2) is 24.3 Å². The van der Waals surface area contributed by atoms with Crippen LogP contribution >= 0.6 is 12.6 Å². The summed E-state index contributed by atoms with van der Waals surface area (Å²) in [4.78, 5) is 0. The molecule has 0 bridgehead atoms. The van der Waals surface area contributed by atoms with Crippen LogP contribution in [-0.2, 0) is 6.42 Å². The van der Waals surface area contributed by atoms with E-state index >= 15 is 0 Å². The third-order valence-electron chi connectivity index (χ3n) is 2.32. The van der Waals surface area contributed by atoms with Gasteiger partial charge in [0.25, 0.3) is 0 Å². The Morgan fingerprint density at radius 2 is 2.17 bits per heavy atom. The van der Waals surface area contributed by atoms with Crippen molar-refractivity contribution >= 4 is 12.6 Å².